The molecule has 0 aliphatic heterocycles. The van der Waals surface area contributed by atoms with Crippen LogP contribution in [0.2, 0.25) is 0 Å². The van der Waals surface area contributed by atoms with Crippen LogP contribution in [-0.2, 0) is 0 Å². The molecular formula is C31H44O2. The van der Waals surface area contributed by atoms with Crippen LogP contribution < -0.4 is 0 Å². The van der Waals surface area contributed by atoms with Crippen LogP contribution in [0.4, 0.5) is 0 Å². The van der Waals surface area contributed by atoms with E-state index in [1.54, 1.807) is 0 Å². The smallest absolute Gasteiger partial charge is 0.0786 e. The van der Waals surface area contributed by atoms with Crippen LogP contribution in [0.3, 0.4) is 0 Å². The Morgan fingerprint density at radius 3 is 2.55 bits per heavy atom. The van der Waals surface area contributed by atoms with Crippen molar-refractivity contribution < 1.29 is 10.2 Å². The molecule has 6 rings (SSSR count). The lowest BCUT2D eigenvalue weighted by atomic mass is 9.44. The zero-order chi connectivity index (χ0) is 23.0. The van der Waals surface area contributed by atoms with E-state index in [1.165, 1.54) is 56.1 Å². The molecule has 0 amide bonds. The lowest BCUT2D eigenvalue weighted by Crippen LogP contribution is -2.56. The minimum Gasteiger partial charge on any atom is -0.390 e. The maximum Gasteiger partial charge on any atom is 0.0786 e. The third kappa shape index (κ3) is 3.41. The maximum atomic E-state index is 11.7. The first-order valence-electron chi connectivity index (χ1n) is 13.9. The van der Waals surface area contributed by atoms with Crippen LogP contribution in [0.15, 0.2) is 47.6 Å². The third-order valence-corrected chi connectivity index (χ3v) is 11.9. The molecule has 6 aliphatic carbocycles. The largest absolute Gasteiger partial charge is 0.390 e. The van der Waals surface area contributed by atoms with Gasteiger partial charge in [0, 0.05) is 5.92 Å². The summed E-state index contributed by atoms with van der Waals surface area (Å²) in [6, 6.07) is 0. The summed E-state index contributed by atoms with van der Waals surface area (Å²) in [5.41, 5.74) is 2.89. The molecule has 4 fully saturated rings. The van der Waals surface area contributed by atoms with Crippen LogP contribution in [-0.4, -0.2) is 21.9 Å². The summed E-state index contributed by atoms with van der Waals surface area (Å²) >= 11 is 0. The minimum atomic E-state index is -0.450. The summed E-state index contributed by atoms with van der Waals surface area (Å²) in [6.45, 7) is 7.19. The Kier molecular flexibility index (Phi) is 5.21. The van der Waals surface area contributed by atoms with E-state index in [4.69, 9.17) is 0 Å². The van der Waals surface area contributed by atoms with E-state index in [1.807, 2.05) is 0 Å². The molecule has 0 saturated heterocycles. The molecule has 2 N–H and O–H groups in total. The van der Waals surface area contributed by atoms with Gasteiger partial charge in [-0.2, -0.15) is 0 Å². The number of hydrogen-bond acceptors (Lipinski definition) is 2. The third-order valence-electron chi connectivity index (χ3n) is 11.9. The van der Waals surface area contributed by atoms with Crippen LogP contribution in [0.5, 0.6) is 0 Å². The van der Waals surface area contributed by atoms with Crippen molar-refractivity contribution in [1.29, 1.82) is 0 Å². The van der Waals surface area contributed by atoms with Gasteiger partial charge in [0.2, 0.25) is 0 Å². The summed E-state index contributed by atoms with van der Waals surface area (Å²) in [7, 11) is 0. The number of hydrogen-bond donors (Lipinski definition) is 2. The Hall–Kier alpha value is -1.12. The van der Waals surface area contributed by atoms with E-state index in [0.29, 0.717) is 23.2 Å². The molecule has 0 bridgehead atoms. The molecule has 7 unspecified atom stereocenters. The Labute approximate surface area is 200 Å². The standard InChI is InChI=1S/C31H44O2/c1-29(33)16-17-30(2)23(19-29)10-11-24-25-12-13-27(31(25,3)15-14-26(24)30)28(32)22-9-8-20-6-4-5-7-21(20)18-22/h4-9,21,23-28,32-33H,10-19H2,1-3H3/t21?,23?,24?,25-,26-,27?,28?,29+,30?,31?/m0/s1. The van der Waals surface area contributed by atoms with Crippen LogP contribution in [0.25, 0.3) is 0 Å². The molecule has 33 heavy (non-hydrogen) atoms. The summed E-state index contributed by atoms with van der Waals surface area (Å²) < 4.78 is 0. The molecule has 4 saturated carbocycles. The number of allylic oxidation sites excluding steroid dienone is 7. The predicted molar refractivity (Wildman–Crippen MR) is 134 cm³/mol. The molecule has 0 aromatic rings. The van der Waals surface area contributed by atoms with Gasteiger partial charge in [0.15, 0.2) is 0 Å². The normalized spacial score (nSPS) is 51.5. The van der Waals surface area contributed by atoms with Gasteiger partial charge in [0.05, 0.1) is 11.7 Å². The quantitative estimate of drug-likeness (QED) is 0.490. The van der Waals surface area contributed by atoms with E-state index in [9.17, 15) is 10.2 Å². The first-order valence-corrected chi connectivity index (χ1v) is 13.9. The summed E-state index contributed by atoms with van der Waals surface area (Å²) in [5.74, 6) is 3.96. The van der Waals surface area contributed by atoms with Gasteiger partial charge in [-0.1, -0.05) is 50.3 Å². The predicted octanol–water partition coefficient (Wildman–Crippen LogP) is 6.76. The van der Waals surface area contributed by atoms with Crippen molar-refractivity contribution in [3.8, 4) is 0 Å². The average molecular weight is 449 g/mol. The molecule has 0 spiro atoms. The second-order valence-corrected chi connectivity index (χ2v) is 13.5. The minimum absolute atomic E-state index is 0.275. The number of fused-ring (bicyclic) bond motifs is 6. The highest BCUT2D eigenvalue weighted by Gasteiger charge is 2.61. The highest BCUT2D eigenvalue weighted by Crippen LogP contribution is 2.68. The molecular weight excluding hydrogens is 404 g/mol. The van der Waals surface area contributed by atoms with Crippen LogP contribution in [0, 0.1) is 46.3 Å². The highest BCUT2D eigenvalue weighted by molar-refractivity contribution is 5.41. The fourth-order valence-electron chi connectivity index (χ4n) is 9.96. The Morgan fingerprint density at radius 1 is 0.879 bits per heavy atom. The van der Waals surface area contributed by atoms with E-state index >= 15 is 0 Å². The van der Waals surface area contributed by atoms with Gasteiger partial charge in [0.25, 0.3) is 0 Å². The van der Waals surface area contributed by atoms with Crippen molar-refractivity contribution in [2.75, 3.05) is 0 Å². The molecule has 0 radical (unpaired) electrons. The van der Waals surface area contributed by atoms with Gasteiger partial charge < -0.3 is 10.2 Å². The molecule has 0 aromatic heterocycles. The second-order valence-electron chi connectivity index (χ2n) is 13.5. The average Bonchev–Trinajstić information content (AvgIpc) is 3.16. The monoisotopic (exact) mass is 448 g/mol. The number of aliphatic hydroxyl groups excluding tert-OH is 1. The van der Waals surface area contributed by atoms with Crippen molar-refractivity contribution >= 4 is 0 Å². The van der Waals surface area contributed by atoms with E-state index < -0.39 is 5.60 Å². The van der Waals surface area contributed by atoms with Crippen LogP contribution >= 0.6 is 0 Å². The van der Waals surface area contributed by atoms with E-state index in [2.05, 4.69) is 57.2 Å². The van der Waals surface area contributed by atoms with Gasteiger partial charge in [-0.25, -0.2) is 0 Å². The first kappa shape index (κ1) is 22.4. The zero-order valence-corrected chi connectivity index (χ0v) is 21.0. The van der Waals surface area contributed by atoms with E-state index in [0.717, 1.165) is 37.0 Å². The SMILES string of the molecule is CC12CC[C@@](C)(O)CC1CCC1[C@@H]2CCC2(C)C(C(O)C3=CC=C4C=CC=CC4C3)CC[C@@H]12. The van der Waals surface area contributed by atoms with Crippen molar-refractivity contribution in [1.82, 2.24) is 0 Å². The summed E-state index contributed by atoms with van der Waals surface area (Å²) in [6.07, 6.45) is 24.9. The molecule has 0 heterocycles. The Balaban J connectivity index is 1.22. The van der Waals surface area contributed by atoms with Crippen molar-refractivity contribution in [2.24, 2.45) is 46.3 Å². The Bertz CT molecular complexity index is 921. The number of aliphatic hydroxyl groups is 2. The Morgan fingerprint density at radius 2 is 1.70 bits per heavy atom. The summed E-state index contributed by atoms with van der Waals surface area (Å²) in [4.78, 5) is 0. The molecule has 2 nitrogen and oxygen atoms in total. The van der Waals surface area contributed by atoms with Gasteiger partial charge in [-0.15, -0.1) is 0 Å². The maximum absolute atomic E-state index is 11.7. The van der Waals surface area contributed by atoms with Crippen molar-refractivity contribution in [3.05, 3.63) is 47.6 Å². The van der Waals surface area contributed by atoms with Crippen molar-refractivity contribution in [2.45, 2.75) is 96.7 Å². The van der Waals surface area contributed by atoms with E-state index in [-0.39, 0.29) is 11.5 Å². The van der Waals surface area contributed by atoms with Gasteiger partial charge in [-0.05, 0) is 123 Å². The highest BCUT2D eigenvalue weighted by atomic mass is 16.3. The second kappa shape index (κ2) is 7.69. The van der Waals surface area contributed by atoms with Crippen molar-refractivity contribution in [3.63, 3.8) is 0 Å². The fraction of sp³-hybridized carbons (Fsp3) is 0.742. The molecule has 6 aliphatic rings. The molecule has 2 heteroatoms. The fourth-order valence-corrected chi connectivity index (χ4v) is 9.96. The lowest BCUT2D eigenvalue weighted by molar-refractivity contribution is -0.149. The topological polar surface area (TPSA) is 40.5 Å². The molecule has 0 aromatic carbocycles. The summed E-state index contributed by atoms with van der Waals surface area (Å²) in [5, 5.41) is 22.5. The first-order chi connectivity index (χ1) is 15.7. The molecule has 10 atom stereocenters. The number of rotatable bonds is 2. The van der Waals surface area contributed by atoms with Gasteiger partial charge in [0.1, 0.15) is 0 Å². The van der Waals surface area contributed by atoms with Gasteiger partial charge >= 0.3 is 0 Å². The zero-order valence-electron chi connectivity index (χ0n) is 21.0. The van der Waals surface area contributed by atoms with Gasteiger partial charge in [-0.3, -0.25) is 0 Å². The van der Waals surface area contributed by atoms with Crippen LogP contribution in [0.1, 0.15) is 85.0 Å². The lowest BCUT2D eigenvalue weighted by Gasteiger charge is -2.62. The molecule has 180 valence electrons.